The fourth-order valence-corrected chi connectivity index (χ4v) is 2.88. The number of rotatable bonds is 5. The summed E-state index contributed by atoms with van der Waals surface area (Å²) in [5.41, 5.74) is 1.89. The SMILES string of the molecule is Cc1ccc(CO)cc1NS(=O)(=O)c1cnn(C(C)C)c1. The number of sulfonamides is 1. The summed E-state index contributed by atoms with van der Waals surface area (Å²) in [6.45, 7) is 5.51. The van der Waals surface area contributed by atoms with Crippen LogP contribution in [0.4, 0.5) is 5.69 Å². The van der Waals surface area contributed by atoms with Crippen molar-refractivity contribution in [2.75, 3.05) is 4.72 Å². The first-order valence-corrected chi connectivity index (χ1v) is 8.09. The van der Waals surface area contributed by atoms with Crippen LogP contribution in [0.15, 0.2) is 35.5 Å². The standard InChI is InChI=1S/C14H19N3O3S/c1-10(2)17-8-13(7-15-17)21(19,20)16-14-6-12(9-18)5-4-11(14)3/h4-8,10,16,18H,9H2,1-3H3. The van der Waals surface area contributed by atoms with E-state index in [0.717, 1.165) is 5.56 Å². The Hall–Kier alpha value is -1.86. The molecule has 21 heavy (non-hydrogen) atoms. The van der Waals surface area contributed by atoms with Crippen molar-refractivity contribution < 1.29 is 13.5 Å². The van der Waals surface area contributed by atoms with E-state index in [0.29, 0.717) is 11.3 Å². The average Bonchev–Trinajstić information content (AvgIpc) is 2.92. The summed E-state index contributed by atoms with van der Waals surface area (Å²) in [4.78, 5) is 0.116. The fraction of sp³-hybridized carbons (Fsp3) is 0.357. The van der Waals surface area contributed by atoms with Crippen molar-refractivity contribution in [3.63, 3.8) is 0 Å². The minimum Gasteiger partial charge on any atom is -0.392 e. The van der Waals surface area contributed by atoms with E-state index in [2.05, 4.69) is 9.82 Å². The molecule has 2 N–H and O–H groups in total. The molecule has 0 unspecified atom stereocenters. The van der Waals surface area contributed by atoms with Crippen LogP contribution in [-0.2, 0) is 16.6 Å². The third kappa shape index (κ3) is 3.43. The molecule has 2 aromatic rings. The molecule has 7 heteroatoms. The lowest BCUT2D eigenvalue weighted by Crippen LogP contribution is -2.13. The number of aromatic nitrogens is 2. The Morgan fingerprint density at radius 2 is 2.10 bits per heavy atom. The van der Waals surface area contributed by atoms with E-state index < -0.39 is 10.0 Å². The van der Waals surface area contributed by atoms with Gasteiger partial charge in [0.25, 0.3) is 10.0 Å². The zero-order chi connectivity index (χ0) is 15.6. The summed E-state index contributed by atoms with van der Waals surface area (Å²) in [7, 11) is -3.69. The highest BCUT2D eigenvalue weighted by atomic mass is 32.2. The Balaban J connectivity index is 2.32. The fourth-order valence-electron chi connectivity index (χ4n) is 1.82. The van der Waals surface area contributed by atoms with Gasteiger partial charge in [0.15, 0.2) is 0 Å². The molecule has 1 heterocycles. The Bertz CT molecular complexity index is 736. The monoisotopic (exact) mass is 309 g/mol. The second kappa shape index (κ2) is 5.87. The van der Waals surface area contributed by atoms with Crippen molar-refractivity contribution in [1.29, 1.82) is 0 Å². The van der Waals surface area contributed by atoms with Gasteiger partial charge in [0, 0.05) is 12.2 Å². The van der Waals surface area contributed by atoms with Crippen molar-refractivity contribution in [3.8, 4) is 0 Å². The van der Waals surface area contributed by atoms with Crippen LogP contribution in [-0.4, -0.2) is 23.3 Å². The van der Waals surface area contributed by atoms with E-state index in [1.807, 2.05) is 13.8 Å². The lowest BCUT2D eigenvalue weighted by Gasteiger charge is -2.10. The molecule has 114 valence electrons. The van der Waals surface area contributed by atoms with Gasteiger partial charge in [0.2, 0.25) is 0 Å². The molecular weight excluding hydrogens is 290 g/mol. The summed E-state index contributed by atoms with van der Waals surface area (Å²) in [5, 5.41) is 13.2. The number of aliphatic hydroxyl groups excluding tert-OH is 1. The number of hydrogen-bond donors (Lipinski definition) is 2. The third-order valence-corrected chi connectivity index (χ3v) is 4.47. The molecular formula is C14H19N3O3S. The summed E-state index contributed by atoms with van der Waals surface area (Å²) < 4.78 is 28.9. The smallest absolute Gasteiger partial charge is 0.265 e. The number of anilines is 1. The van der Waals surface area contributed by atoms with Crippen LogP contribution < -0.4 is 4.72 Å². The summed E-state index contributed by atoms with van der Waals surface area (Å²) in [5.74, 6) is 0. The van der Waals surface area contributed by atoms with Gasteiger partial charge in [-0.05, 0) is 38.0 Å². The molecule has 0 saturated carbocycles. The van der Waals surface area contributed by atoms with Crippen molar-refractivity contribution in [1.82, 2.24) is 9.78 Å². The summed E-state index contributed by atoms with van der Waals surface area (Å²) in [6.07, 6.45) is 2.83. The molecule has 2 rings (SSSR count). The highest BCUT2D eigenvalue weighted by molar-refractivity contribution is 7.92. The molecule has 1 aromatic heterocycles. The summed E-state index contributed by atoms with van der Waals surface area (Å²) in [6, 6.07) is 5.23. The van der Waals surface area contributed by atoms with E-state index in [4.69, 9.17) is 5.11 Å². The average molecular weight is 309 g/mol. The molecule has 0 radical (unpaired) electrons. The van der Waals surface area contributed by atoms with Gasteiger partial charge in [-0.25, -0.2) is 8.42 Å². The number of benzene rings is 1. The second-order valence-corrected chi connectivity index (χ2v) is 6.85. The van der Waals surface area contributed by atoms with E-state index in [1.165, 1.54) is 12.4 Å². The largest absolute Gasteiger partial charge is 0.392 e. The van der Waals surface area contributed by atoms with E-state index >= 15 is 0 Å². The minimum atomic E-state index is -3.69. The van der Waals surface area contributed by atoms with Crippen LogP contribution in [0.1, 0.15) is 31.0 Å². The molecule has 1 aromatic carbocycles. The zero-order valence-corrected chi connectivity index (χ0v) is 13.1. The number of aryl methyl sites for hydroxylation is 1. The van der Waals surface area contributed by atoms with Crippen molar-refractivity contribution in [2.45, 2.75) is 38.3 Å². The van der Waals surface area contributed by atoms with Gasteiger partial charge < -0.3 is 5.11 Å². The van der Waals surface area contributed by atoms with Crippen LogP contribution in [0.5, 0.6) is 0 Å². The zero-order valence-electron chi connectivity index (χ0n) is 12.2. The topological polar surface area (TPSA) is 84.2 Å². The maximum atomic E-state index is 12.4. The minimum absolute atomic E-state index is 0.0911. The van der Waals surface area contributed by atoms with Crippen LogP contribution >= 0.6 is 0 Å². The predicted octanol–water partition coefficient (Wildman–Crippen LogP) is 2.07. The maximum absolute atomic E-state index is 12.4. The number of hydrogen-bond acceptors (Lipinski definition) is 4. The van der Waals surface area contributed by atoms with E-state index in [-0.39, 0.29) is 17.5 Å². The van der Waals surface area contributed by atoms with Crippen LogP contribution in [0.2, 0.25) is 0 Å². The van der Waals surface area contributed by atoms with Gasteiger partial charge in [0.1, 0.15) is 4.90 Å². The molecule has 0 amide bonds. The molecule has 0 aliphatic rings. The Labute approximate surface area is 124 Å². The van der Waals surface area contributed by atoms with Crippen molar-refractivity contribution >= 4 is 15.7 Å². The van der Waals surface area contributed by atoms with E-state index in [9.17, 15) is 8.42 Å². The molecule has 0 atom stereocenters. The second-order valence-electron chi connectivity index (χ2n) is 5.16. The molecule has 0 spiro atoms. The normalized spacial score (nSPS) is 11.9. The molecule has 0 bridgehead atoms. The molecule has 0 saturated heterocycles. The van der Waals surface area contributed by atoms with Gasteiger partial charge in [-0.1, -0.05) is 12.1 Å². The van der Waals surface area contributed by atoms with Crippen molar-refractivity contribution in [2.24, 2.45) is 0 Å². The molecule has 0 aliphatic heterocycles. The molecule has 0 fully saturated rings. The van der Waals surface area contributed by atoms with Gasteiger partial charge >= 0.3 is 0 Å². The summed E-state index contributed by atoms with van der Waals surface area (Å²) >= 11 is 0. The lowest BCUT2D eigenvalue weighted by atomic mass is 10.1. The predicted molar refractivity (Wildman–Crippen MR) is 80.5 cm³/mol. The number of aliphatic hydroxyl groups is 1. The molecule has 0 aliphatic carbocycles. The van der Waals surface area contributed by atoms with Gasteiger partial charge in [-0.3, -0.25) is 9.40 Å². The van der Waals surface area contributed by atoms with Gasteiger partial charge in [-0.2, -0.15) is 5.10 Å². The highest BCUT2D eigenvalue weighted by Crippen LogP contribution is 2.21. The Kier molecular flexibility index (Phi) is 4.34. The Morgan fingerprint density at radius 1 is 1.38 bits per heavy atom. The number of nitrogens with one attached hydrogen (secondary N) is 1. The molecule has 6 nitrogen and oxygen atoms in total. The van der Waals surface area contributed by atoms with E-state index in [1.54, 1.807) is 29.8 Å². The third-order valence-electron chi connectivity index (χ3n) is 3.15. The lowest BCUT2D eigenvalue weighted by molar-refractivity contribution is 0.282. The number of nitrogens with zero attached hydrogens (tertiary/aromatic N) is 2. The first-order chi connectivity index (χ1) is 9.83. The Morgan fingerprint density at radius 3 is 2.67 bits per heavy atom. The quantitative estimate of drug-likeness (QED) is 0.885. The van der Waals surface area contributed by atoms with Crippen molar-refractivity contribution in [3.05, 3.63) is 41.7 Å². The maximum Gasteiger partial charge on any atom is 0.265 e. The first kappa shape index (κ1) is 15.5. The highest BCUT2D eigenvalue weighted by Gasteiger charge is 2.18. The van der Waals surface area contributed by atoms with Crippen LogP contribution in [0.25, 0.3) is 0 Å². The van der Waals surface area contributed by atoms with Crippen LogP contribution in [0, 0.1) is 6.92 Å². The van der Waals surface area contributed by atoms with Gasteiger partial charge in [-0.15, -0.1) is 0 Å². The van der Waals surface area contributed by atoms with Gasteiger partial charge in [0.05, 0.1) is 18.5 Å². The van der Waals surface area contributed by atoms with Crippen LogP contribution in [0.3, 0.4) is 0 Å². The first-order valence-electron chi connectivity index (χ1n) is 6.61.